The molecular formula is C30H28N2O7. The van der Waals surface area contributed by atoms with E-state index in [4.69, 9.17) is 14.6 Å². The Morgan fingerprint density at radius 3 is 2.21 bits per heavy atom. The number of amides is 4. The summed E-state index contributed by atoms with van der Waals surface area (Å²) in [6.07, 6.45) is 1.39. The van der Waals surface area contributed by atoms with Gasteiger partial charge in [0.1, 0.15) is 12.2 Å². The number of carbonyl (C=O) groups is 4. The molecule has 39 heavy (non-hydrogen) atoms. The van der Waals surface area contributed by atoms with E-state index >= 15 is 0 Å². The number of carboxylic acids is 1. The van der Waals surface area contributed by atoms with Crippen LogP contribution in [-0.4, -0.2) is 36.0 Å². The van der Waals surface area contributed by atoms with Crippen LogP contribution in [0.5, 0.6) is 11.5 Å². The zero-order chi connectivity index (χ0) is 28.3. The highest BCUT2D eigenvalue weighted by molar-refractivity contribution is 6.39. The largest absolute Gasteiger partial charge is 0.493 e. The Hall–Kier alpha value is -4.92. The second kappa shape index (κ2) is 10.8. The minimum atomic E-state index is -1.01. The van der Waals surface area contributed by atoms with Crippen molar-refractivity contribution in [1.82, 2.24) is 5.32 Å². The molecule has 0 spiro atoms. The third-order valence-corrected chi connectivity index (χ3v) is 6.19. The lowest BCUT2D eigenvalue weighted by Gasteiger charge is -2.27. The number of hydrogen-bond donors (Lipinski definition) is 2. The molecule has 0 aliphatic carbocycles. The van der Waals surface area contributed by atoms with Crippen molar-refractivity contribution in [1.29, 1.82) is 0 Å². The fraction of sp³-hybridized carbons (Fsp3) is 0.200. The van der Waals surface area contributed by atoms with Gasteiger partial charge in [0.15, 0.2) is 11.5 Å². The van der Waals surface area contributed by atoms with Gasteiger partial charge >= 0.3 is 12.0 Å². The zero-order valence-electron chi connectivity index (χ0n) is 22.0. The van der Waals surface area contributed by atoms with Crippen LogP contribution in [-0.2, 0) is 21.6 Å². The maximum absolute atomic E-state index is 13.3. The number of carbonyl (C=O) groups excluding carboxylic acids is 3. The van der Waals surface area contributed by atoms with Crippen molar-refractivity contribution in [2.24, 2.45) is 0 Å². The molecule has 1 aliphatic heterocycles. The second-order valence-electron chi connectivity index (χ2n) is 9.96. The Morgan fingerprint density at radius 2 is 1.62 bits per heavy atom. The van der Waals surface area contributed by atoms with E-state index < -0.39 is 23.8 Å². The molecule has 0 bridgehead atoms. The van der Waals surface area contributed by atoms with Gasteiger partial charge in [0.05, 0.1) is 18.4 Å². The van der Waals surface area contributed by atoms with Gasteiger partial charge in [-0.05, 0) is 64.6 Å². The Kier molecular flexibility index (Phi) is 7.53. The van der Waals surface area contributed by atoms with Crippen molar-refractivity contribution in [2.45, 2.75) is 32.8 Å². The van der Waals surface area contributed by atoms with Crippen LogP contribution >= 0.6 is 0 Å². The van der Waals surface area contributed by atoms with Gasteiger partial charge in [0.2, 0.25) is 0 Å². The fourth-order valence-electron chi connectivity index (χ4n) is 3.97. The van der Waals surface area contributed by atoms with Gasteiger partial charge in [0.25, 0.3) is 11.8 Å². The first-order valence-corrected chi connectivity index (χ1v) is 12.1. The summed E-state index contributed by atoms with van der Waals surface area (Å²) >= 11 is 0. The number of methoxy groups -OCH3 is 1. The van der Waals surface area contributed by atoms with Gasteiger partial charge in [-0.3, -0.25) is 14.9 Å². The predicted octanol–water partition coefficient (Wildman–Crippen LogP) is 4.94. The molecule has 0 atom stereocenters. The molecule has 9 nitrogen and oxygen atoms in total. The van der Waals surface area contributed by atoms with Crippen LogP contribution in [0.2, 0.25) is 0 Å². The molecule has 1 fully saturated rings. The molecule has 0 unspecified atom stereocenters. The summed E-state index contributed by atoms with van der Waals surface area (Å²) in [7, 11) is 1.46. The number of hydrogen-bond acceptors (Lipinski definition) is 6. The number of anilines is 1. The number of nitrogens with one attached hydrogen (secondary N) is 1. The number of barbiturate groups is 1. The van der Waals surface area contributed by atoms with Gasteiger partial charge in [-0.15, -0.1) is 0 Å². The van der Waals surface area contributed by atoms with E-state index in [0.717, 1.165) is 16.0 Å². The van der Waals surface area contributed by atoms with Crippen molar-refractivity contribution in [3.63, 3.8) is 0 Å². The number of imide groups is 2. The molecule has 1 heterocycles. The summed E-state index contributed by atoms with van der Waals surface area (Å²) in [5, 5.41) is 11.3. The summed E-state index contributed by atoms with van der Waals surface area (Å²) in [5.41, 5.74) is 2.50. The van der Waals surface area contributed by atoms with Gasteiger partial charge in [0, 0.05) is 0 Å². The SMILES string of the molecule is COc1cc(/C=C2\C(=O)NC(=O)N(c3ccc(C(C)(C)C)cc3)C2=O)ccc1OCc1ccc(C(=O)O)cc1. The summed E-state index contributed by atoms with van der Waals surface area (Å²) in [6, 6.07) is 17.4. The third-order valence-electron chi connectivity index (χ3n) is 6.19. The van der Waals surface area contributed by atoms with Crippen LogP contribution in [0.1, 0.15) is 47.8 Å². The predicted molar refractivity (Wildman–Crippen MR) is 145 cm³/mol. The van der Waals surface area contributed by atoms with Crippen molar-refractivity contribution in [3.05, 3.63) is 94.6 Å². The van der Waals surface area contributed by atoms with Crippen LogP contribution < -0.4 is 19.7 Å². The molecule has 3 aromatic rings. The highest BCUT2D eigenvalue weighted by Gasteiger charge is 2.37. The van der Waals surface area contributed by atoms with Crippen LogP contribution in [0.15, 0.2) is 72.3 Å². The first-order valence-electron chi connectivity index (χ1n) is 12.1. The lowest BCUT2D eigenvalue weighted by Crippen LogP contribution is -2.54. The summed E-state index contributed by atoms with van der Waals surface area (Å²) in [4.78, 5) is 50.4. The van der Waals surface area contributed by atoms with Crippen LogP contribution in [0, 0.1) is 0 Å². The number of benzene rings is 3. The normalized spacial score (nSPS) is 14.8. The Morgan fingerprint density at radius 1 is 0.949 bits per heavy atom. The van der Waals surface area contributed by atoms with Crippen LogP contribution in [0.3, 0.4) is 0 Å². The number of carboxylic acid groups (broad SMARTS) is 1. The average molecular weight is 529 g/mol. The summed E-state index contributed by atoms with van der Waals surface area (Å²) < 4.78 is 11.3. The van der Waals surface area contributed by atoms with E-state index in [1.807, 2.05) is 12.1 Å². The number of ether oxygens (including phenoxy) is 2. The van der Waals surface area contributed by atoms with Crippen molar-refractivity contribution < 1.29 is 33.8 Å². The molecule has 4 amide bonds. The molecule has 0 radical (unpaired) electrons. The molecule has 200 valence electrons. The van der Waals surface area contributed by atoms with Gasteiger partial charge in [-0.1, -0.05) is 51.1 Å². The van der Waals surface area contributed by atoms with Crippen LogP contribution in [0.25, 0.3) is 6.08 Å². The second-order valence-corrected chi connectivity index (χ2v) is 9.96. The van der Waals surface area contributed by atoms with E-state index in [1.165, 1.54) is 25.3 Å². The highest BCUT2D eigenvalue weighted by atomic mass is 16.5. The highest BCUT2D eigenvalue weighted by Crippen LogP contribution is 2.31. The van der Waals surface area contributed by atoms with Gasteiger partial charge in [-0.25, -0.2) is 14.5 Å². The standard InChI is InChI=1S/C30H28N2O7/c1-30(2,3)21-10-12-22(13-11-21)32-27(34)23(26(33)31-29(32)37)15-19-7-14-24(25(16-19)38-4)39-17-18-5-8-20(9-6-18)28(35)36/h5-16H,17H2,1-4H3,(H,35,36)(H,31,33,37)/b23-15+. The molecule has 2 N–H and O–H groups in total. The van der Waals surface area contributed by atoms with Gasteiger partial charge in [-0.2, -0.15) is 0 Å². The first kappa shape index (κ1) is 27.1. The molecule has 0 saturated carbocycles. The monoisotopic (exact) mass is 528 g/mol. The third kappa shape index (κ3) is 5.98. The quantitative estimate of drug-likeness (QED) is 0.329. The molecule has 0 aromatic heterocycles. The smallest absolute Gasteiger partial charge is 0.335 e. The number of rotatable bonds is 7. The molecule has 3 aromatic carbocycles. The molecule has 4 rings (SSSR count). The Bertz CT molecular complexity index is 1470. The molecule has 9 heteroatoms. The van der Waals surface area contributed by atoms with Crippen molar-refractivity contribution >= 4 is 35.6 Å². The van der Waals surface area contributed by atoms with E-state index in [2.05, 4.69) is 26.1 Å². The minimum Gasteiger partial charge on any atom is -0.493 e. The van der Waals surface area contributed by atoms with Gasteiger partial charge < -0.3 is 14.6 Å². The molecular weight excluding hydrogens is 500 g/mol. The Labute approximate surface area is 225 Å². The maximum Gasteiger partial charge on any atom is 0.335 e. The summed E-state index contributed by atoms with van der Waals surface area (Å²) in [5.74, 6) is -1.77. The van der Waals surface area contributed by atoms with E-state index in [0.29, 0.717) is 22.7 Å². The van der Waals surface area contributed by atoms with E-state index in [9.17, 15) is 19.2 Å². The maximum atomic E-state index is 13.3. The number of nitrogens with zero attached hydrogens (tertiary/aromatic N) is 1. The topological polar surface area (TPSA) is 122 Å². The lowest BCUT2D eigenvalue weighted by atomic mass is 9.87. The first-order chi connectivity index (χ1) is 18.5. The van der Waals surface area contributed by atoms with Crippen LogP contribution in [0.4, 0.5) is 10.5 Å². The summed E-state index contributed by atoms with van der Waals surface area (Å²) in [6.45, 7) is 6.35. The average Bonchev–Trinajstić information content (AvgIpc) is 2.90. The Balaban J connectivity index is 1.55. The van der Waals surface area contributed by atoms with Crippen molar-refractivity contribution in [3.8, 4) is 11.5 Å². The molecule has 1 saturated heterocycles. The van der Waals surface area contributed by atoms with E-state index in [-0.39, 0.29) is 23.2 Å². The number of aromatic carboxylic acids is 1. The van der Waals surface area contributed by atoms with Crippen molar-refractivity contribution in [2.75, 3.05) is 12.0 Å². The fourth-order valence-corrected chi connectivity index (χ4v) is 3.97. The minimum absolute atomic E-state index is 0.104. The zero-order valence-corrected chi connectivity index (χ0v) is 22.0. The molecule has 1 aliphatic rings. The number of urea groups is 1. The lowest BCUT2D eigenvalue weighted by molar-refractivity contribution is -0.122. The van der Waals surface area contributed by atoms with E-state index in [1.54, 1.807) is 42.5 Å².